The van der Waals surface area contributed by atoms with Gasteiger partial charge in [-0.15, -0.1) is 0 Å². The average Bonchev–Trinajstić information content (AvgIpc) is 2.05. The predicted octanol–water partition coefficient (Wildman–Crippen LogP) is 2.36. The Morgan fingerprint density at radius 1 is 1.31 bits per heavy atom. The quantitative estimate of drug-likeness (QED) is 0.486. The first-order valence-electron chi connectivity index (χ1n) is 4.25. The highest BCUT2D eigenvalue weighted by Gasteiger charge is 2.26. The Bertz CT molecular complexity index is 253. The Labute approximate surface area is 87.6 Å². The summed E-state index contributed by atoms with van der Waals surface area (Å²) in [5, 5.41) is 0. The summed E-state index contributed by atoms with van der Waals surface area (Å²) < 4.78 is -0.0525. The van der Waals surface area contributed by atoms with Crippen molar-refractivity contribution < 1.29 is 0 Å². The van der Waals surface area contributed by atoms with E-state index in [0.717, 1.165) is 0 Å². The SMILES string of the molecule is CC(C)(Br)[C@@H](NN)c1ccccc1. The lowest BCUT2D eigenvalue weighted by Gasteiger charge is -2.28. The van der Waals surface area contributed by atoms with Crippen LogP contribution in [0.4, 0.5) is 0 Å². The molecule has 72 valence electrons. The van der Waals surface area contributed by atoms with Crippen LogP contribution in [-0.2, 0) is 0 Å². The Morgan fingerprint density at radius 2 is 1.85 bits per heavy atom. The van der Waals surface area contributed by atoms with E-state index < -0.39 is 0 Å². The Balaban J connectivity index is 2.92. The van der Waals surface area contributed by atoms with E-state index >= 15 is 0 Å². The third-order valence-electron chi connectivity index (χ3n) is 1.99. The molecule has 1 aromatic rings. The molecule has 0 radical (unpaired) electrons. The van der Waals surface area contributed by atoms with Crippen molar-refractivity contribution in [1.82, 2.24) is 5.43 Å². The molecule has 0 heterocycles. The van der Waals surface area contributed by atoms with E-state index in [9.17, 15) is 0 Å². The molecule has 0 aliphatic heterocycles. The Kier molecular flexibility index (Phi) is 3.47. The standard InChI is InChI=1S/C10H15BrN2/c1-10(2,11)9(13-12)8-6-4-3-5-7-8/h3-7,9,13H,12H2,1-2H3/t9-/m0/s1. The number of halogens is 1. The molecule has 0 fully saturated rings. The number of nitrogens with two attached hydrogens (primary N) is 1. The molecule has 13 heavy (non-hydrogen) atoms. The van der Waals surface area contributed by atoms with E-state index in [-0.39, 0.29) is 10.4 Å². The smallest absolute Gasteiger partial charge is 0.0607 e. The monoisotopic (exact) mass is 242 g/mol. The number of nitrogens with one attached hydrogen (secondary N) is 1. The van der Waals surface area contributed by atoms with E-state index in [2.05, 4.69) is 47.3 Å². The number of hydrogen-bond acceptors (Lipinski definition) is 2. The summed E-state index contributed by atoms with van der Waals surface area (Å²) in [6.45, 7) is 4.18. The number of benzene rings is 1. The van der Waals surface area contributed by atoms with Gasteiger partial charge in [0.05, 0.1) is 6.04 Å². The summed E-state index contributed by atoms with van der Waals surface area (Å²) in [5.41, 5.74) is 4.00. The molecule has 1 atom stereocenters. The van der Waals surface area contributed by atoms with Crippen LogP contribution in [0.2, 0.25) is 0 Å². The number of hydrogen-bond donors (Lipinski definition) is 2. The van der Waals surface area contributed by atoms with Gasteiger partial charge < -0.3 is 0 Å². The fourth-order valence-corrected chi connectivity index (χ4v) is 1.73. The van der Waals surface area contributed by atoms with Crippen LogP contribution in [0.1, 0.15) is 25.5 Å². The van der Waals surface area contributed by atoms with Gasteiger partial charge in [0.2, 0.25) is 0 Å². The first kappa shape index (κ1) is 10.7. The van der Waals surface area contributed by atoms with E-state index in [1.54, 1.807) is 0 Å². The summed E-state index contributed by atoms with van der Waals surface area (Å²) in [7, 11) is 0. The van der Waals surface area contributed by atoms with Gasteiger partial charge in [-0.2, -0.15) is 0 Å². The average molecular weight is 243 g/mol. The van der Waals surface area contributed by atoms with Gasteiger partial charge in [0, 0.05) is 4.32 Å². The van der Waals surface area contributed by atoms with Crippen molar-refractivity contribution in [3.05, 3.63) is 35.9 Å². The second kappa shape index (κ2) is 4.22. The Hall–Kier alpha value is -0.380. The van der Waals surface area contributed by atoms with Crippen LogP contribution in [0.3, 0.4) is 0 Å². The third kappa shape index (κ3) is 2.79. The van der Waals surface area contributed by atoms with Gasteiger partial charge in [0.1, 0.15) is 0 Å². The normalized spacial score (nSPS) is 14.2. The second-order valence-electron chi connectivity index (χ2n) is 3.57. The van der Waals surface area contributed by atoms with Crippen molar-refractivity contribution in [2.45, 2.75) is 24.2 Å². The van der Waals surface area contributed by atoms with Crippen LogP contribution in [0.5, 0.6) is 0 Å². The number of alkyl halides is 1. The van der Waals surface area contributed by atoms with Gasteiger partial charge in [-0.05, 0) is 19.4 Å². The van der Waals surface area contributed by atoms with Gasteiger partial charge in [0.25, 0.3) is 0 Å². The van der Waals surface area contributed by atoms with Crippen molar-refractivity contribution in [3.8, 4) is 0 Å². The summed E-state index contributed by atoms with van der Waals surface area (Å²) in [6.07, 6.45) is 0. The minimum Gasteiger partial charge on any atom is -0.271 e. The Morgan fingerprint density at radius 3 is 2.23 bits per heavy atom. The third-order valence-corrected chi connectivity index (χ3v) is 2.44. The fraction of sp³-hybridized carbons (Fsp3) is 0.400. The molecule has 0 aromatic heterocycles. The van der Waals surface area contributed by atoms with Crippen molar-refractivity contribution in [1.29, 1.82) is 0 Å². The van der Waals surface area contributed by atoms with Crippen LogP contribution >= 0.6 is 15.9 Å². The molecule has 3 heteroatoms. The zero-order chi connectivity index (χ0) is 9.90. The number of hydrazine groups is 1. The largest absolute Gasteiger partial charge is 0.271 e. The maximum atomic E-state index is 5.51. The van der Waals surface area contributed by atoms with Gasteiger partial charge >= 0.3 is 0 Å². The molecule has 1 rings (SSSR count). The summed E-state index contributed by atoms with van der Waals surface area (Å²) >= 11 is 3.60. The van der Waals surface area contributed by atoms with Crippen LogP contribution in [-0.4, -0.2) is 4.32 Å². The molecule has 0 saturated carbocycles. The maximum Gasteiger partial charge on any atom is 0.0607 e. The fourth-order valence-electron chi connectivity index (χ4n) is 1.34. The zero-order valence-corrected chi connectivity index (χ0v) is 9.51. The van der Waals surface area contributed by atoms with E-state index in [1.165, 1.54) is 5.56 Å². The van der Waals surface area contributed by atoms with Gasteiger partial charge in [-0.25, -0.2) is 0 Å². The van der Waals surface area contributed by atoms with E-state index in [1.807, 2.05) is 18.2 Å². The lowest BCUT2D eigenvalue weighted by atomic mass is 9.97. The molecule has 0 aliphatic rings. The minimum absolute atomic E-state index is 0.0525. The zero-order valence-electron chi connectivity index (χ0n) is 7.92. The van der Waals surface area contributed by atoms with E-state index in [4.69, 9.17) is 5.84 Å². The van der Waals surface area contributed by atoms with Gasteiger partial charge in [0.15, 0.2) is 0 Å². The summed E-state index contributed by atoms with van der Waals surface area (Å²) in [5.74, 6) is 5.51. The van der Waals surface area contributed by atoms with Crippen LogP contribution in [0.25, 0.3) is 0 Å². The summed E-state index contributed by atoms with van der Waals surface area (Å²) in [6, 6.07) is 10.3. The highest BCUT2D eigenvalue weighted by atomic mass is 79.9. The topological polar surface area (TPSA) is 38.0 Å². The predicted molar refractivity (Wildman–Crippen MR) is 59.5 cm³/mol. The molecule has 3 N–H and O–H groups in total. The molecular formula is C10H15BrN2. The molecular weight excluding hydrogens is 228 g/mol. The van der Waals surface area contributed by atoms with Crippen molar-refractivity contribution >= 4 is 15.9 Å². The van der Waals surface area contributed by atoms with Gasteiger partial charge in [-0.3, -0.25) is 11.3 Å². The highest BCUT2D eigenvalue weighted by Crippen LogP contribution is 2.31. The summed E-state index contributed by atoms with van der Waals surface area (Å²) in [4.78, 5) is 0. The number of rotatable bonds is 3. The molecule has 1 aromatic carbocycles. The van der Waals surface area contributed by atoms with Crippen LogP contribution < -0.4 is 11.3 Å². The lowest BCUT2D eigenvalue weighted by molar-refractivity contribution is 0.465. The van der Waals surface area contributed by atoms with Crippen molar-refractivity contribution in [2.75, 3.05) is 0 Å². The molecule has 2 nitrogen and oxygen atoms in total. The van der Waals surface area contributed by atoms with Crippen LogP contribution in [0.15, 0.2) is 30.3 Å². The second-order valence-corrected chi connectivity index (χ2v) is 5.62. The molecule has 0 unspecified atom stereocenters. The van der Waals surface area contributed by atoms with Gasteiger partial charge in [-0.1, -0.05) is 46.3 Å². The first-order chi connectivity index (χ1) is 6.05. The minimum atomic E-state index is -0.0525. The molecule has 0 amide bonds. The maximum absolute atomic E-state index is 5.51. The van der Waals surface area contributed by atoms with E-state index in [0.29, 0.717) is 0 Å². The molecule has 0 spiro atoms. The first-order valence-corrected chi connectivity index (χ1v) is 5.05. The molecule has 0 saturated heterocycles. The molecule has 0 bridgehead atoms. The van der Waals surface area contributed by atoms with Crippen LogP contribution in [0, 0.1) is 0 Å². The van der Waals surface area contributed by atoms with Crippen molar-refractivity contribution in [2.24, 2.45) is 5.84 Å². The highest BCUT2D eigenvalue weighted by molar-refractivity contribution is 9.10. The lowest BCUT2D eigenvalue weighted by Crippen LogP contribution is -2.38. The molecule has 0 aliphatic carbocycles. The van der Waals surface area contributed by atoms with Crippen molar-refractivity contribution in [3.63, 3.8) is 0 Å².